The second-order valence-electron chi connectivity index (χ2n) is 3.70. The van der Waals surface area contributed by atoms with Gasteiger partial charge in [0.2, 0.25) is 0 Å². The third-order valence-electron chi connectivity index (χ3n) is 2.32. The second kappa shape index (κ2) is 6.99. The molecule has 5 heteroatoms. The normalized spacial score (nSPS) is 10.6. The Kier molecular flexibility index (Phi) is 5.54. The van der Waals surface area contributed by atoms with E-state index in [1.54, 1.807) is 11.8 Å². The second-order valence-corrected chi connectivity index (χ2v) is 3.70. The maximum absolute atomic E-state index is 8.59. The van der Waals surface area contributed by atoms with Crippen molar-refractivity contribution >= 4 is 0 Å². The van der Waals surface area contributed by atoms with Crippen molar-refractivity contribution in [1.82, 2.24) is 14.7 Å². The molecule has 16 heavy (non-hydrogen) atoms. The van der Waals surface area contributed by atoms with Gasteiger partial charge < -0.3 is 4.74 Å². The van der Waals surface area contributed by atoms with Crippen molar-refractivity contribution in [2.45, 2.75) is 13.0 Å². The molecule has 0 aliphatic carbocycles. The molecule has 0 amide bonds. The lowest BCUT2D eigenvalue weighted by atomic mass is 10.3. The quantitative estimate of drug-likeness (QED) is 0.684. The van der Waals surface area contributed by atoms with Crippen LogP contribution in [0.4, 0.5) is 0 Å². The van der Waals surface area contributed by atoms with E-state index in [9.17, 15) is 0 Å². The Morgan fingerprint density at radius 2 is 2.38 bits per heavy atom. The van der Waals surface area contributed by atoms with Gasteiger partial charge in [0.25, 0.3) is 0 Å². The van der Waals surface area contributed by atoms with Crippen LogP contribution in [0.3, 0.4) is 0 Å². The summed E-state index contributed by atoms with van der Waals surface area (Å²) in [4.78, 5) is 2.20. The Bertz CT molecular complexity index is 342. The third-order valence-corrected chi connectivity index (χ3v) is 2.32. The van der Waals surface area contributed by atoms with E-state index < -0.39 is 0 Å². The van der Waals surface area contributed by atoms with Crippen LogP contribution in [0.15, 0.2) is 12.4 Å². The van der Waals surface area contributed by atoms with Gasteiger partial charge >= 0.3 is 0 Å². The van der Waals surface area contributed by atoms with Crippen molar-refractivity contribution < 1.29 is 4.74 Å². The molecule has 0 bridgehead atoms. The molecular formula is C11H18N4O. The predicted molar refractivity (Wildman–Crippen MR) is 60.6 cm³/mol. The van der Waals surface area contributed by atoms with Crippen LogP contribution in [0.1, 0.15) is 12.0 Å². The highest BCUT2D eigenvalue weighted by Crippen LogP contribution is 2.03. The number of methoxy groups -OCH3 is 1. The number of aryl methyl sites for hydroxylation is 1. The number of hydrogen-bond acceptors (Lipinski definition) is 4. The highest BCUT2D eigenvalue weighted by Gasteiger charge is 2.06. The van der Waals surface area contributed by atoms with Crippen LogP contribution in [0, 0.1) is 11.3 Å². The van der Waals surface area contributed by atoms with E-state index in [1.807, 2.05) is 19.4 Å². The van der Waals surface area contributed by atoms with E-state index in [1.165, 1.54) is 0 Å². The number of ether oxygens (including phenoxy) is 1. The molecule has 0 saturated carbocycles. The number of aromatic nitrogens is 2. The Morgan fingerprint density at radius 3 is 2.94 bits per heavy atom. The average molecular weight is 222 g/mol. The van der Waals surface area contributed by atoms with Crippen LogP contribution in [0.25, 0.3) is 0 Å². The highest BCUT2D eigenvalue weighted by atomic mass is 16.5. The van der Waals surface area contributed by atoms with Crippen LogP contribution in [-0.2, 0) is 18.3 Å². The summed E-state index contributed by atoms with van der Waals surface area (Å²) in [5, 5.41) is 12.7. The summed E-state index contributed by atoms with van der Waals surface area (Å²) in [7, 11) is 3.59. The molecule has 0 saturated heterocycles. The molecular weight excluding hydrogens is 204 g/mol. The first-order chi connectivity index (χ1) is 7.76. The Hall–Kier alpha value is -1.38. The fourth-order valence-corrected chi connectivity index (χ4v) is 1.51. The summed E-state index contributed by atoms with van der Waals surface area (Å²) >= 11 is 0. The minimum Gasteiger partial charge on any atom is -0.383 e. The predicted octanol–water partition coefficient (Wildman–Crippen LogP) is 0.782. The monoisotopic (exact) mass is 222 g/mol. The van der Waals surface area contributed by atoms with Crippen molar-refractivity contribution in [2.75, 3.05) is 26.8 Å². The Labute approximate surface area is 96.2 Å². The van der Waals surface area contributed by atoms with Gasteiger partial charge in [0, 0.05) is 52.0 Å². The summed E-state index contributed by atoms with van der Waals surface area (Å²) in [5.74, 6) is 0. The molecule has 1 rings (SSSR count). The number of rotatable bonds is 7. The van der Waals surface area contributed by atoms with E-state index in [2.05, 4.69) is 16.1 Å². The molecule has 1 heterocycles. The molecule has 0 radical (unpaired) electrons. The molecule has 0 atom stereocenters. The minimum atomic E-state index is 0.546. The molecule has 0 aliphatic heterocycles. The first kappa shape index (κ1) is 12.7. The first-order valence-electron chi connectivity index (χ1n) is 5.32. The number of nitrogens with zero attached hydrogens (tertiary/aromatic N) is 4. The average Bonchev–Trinajstić information content (AvgIpc) is 2.68. The van der Waals surface area contributed by atoms with E-state index >= 15 is 0 Å². The third kappa shape index (κ3) is 4.43. The van der Waals surface area contributed by atoms with Gasteiger partial charge in [-0.2, -0.15) is 10.4 Å². The van der Waals surface area contributed by atoms with Crippen LogP contribution in [0.2, 0.25) is 0 Å². The first-order valence-corrected chi connectivity index (χ1v) is 5.32. The zero-order valence-corrected chi connectivity index (χ0v) is 9.89. The molecule has 1 aromatic rings. The Morgan fingerprint density at radius 1 is 1.56 bits per heavy atom. The van der Waals surface area contributed by atoms with Crippen molar-refractivity contribution in [3.8, 4) is 6.07 Å². The van der Waals surface area contributed by atoms with Gasteiger partial charge in [-0.1, -0.05) is 0 Å². The molecule has 88 valence electrons. The van der Waals surface area contributed by atoms with E-state index in [-0.39, 0.29) is 0 Å². The molecule has 0 aliphatic rings. The SMILES string of the molecule is COCCN(CCC#N)Cc1cnn(C)c1. The van der Waals surface area contributed by atoms with Crippen molar-refractivity contribution in [3.63, 3.8) is 0 Å². The van der Waals surface area contributed by atoms with E-state index in [0.29, 0.717) is 13.0 Å². The minimum absolute atomic E-state index is 0.546. The van der Waals surface area contributed by atoms with Crippen molar-refractivity contribution in [1.29, 1.82) is 5.26 Å². The highest BCUT2D eigenvalue weighted by molar-refractivity contribution is 5.03. The number of nitriles is 1. The largest absolute Gasteiger partial charge is 0.383 e. The summed E-state index contributed by atoms with van der Waals surface area (Å²) in [6, 6.07) is 2.16. The lowest BCUT2D eigenvalue weighted by Crippen LogP contribution is -2.27. The van der Waals surface area contributed by atoms with Crippen molar-refractivity contribution in [3.05, 3.63) is 18.0 Å². The topological polar surface area (TPSA) is 54.1 Å². The standard InChI is InChI=1S/C11H18N4O/c1-14-9-11(8-13-14)10-15(5-3-4-12)6-7-16-2/h8-9H,3,5-7,10H2,1-2H3. The molecule has 1 aromatic heterocycles. The maximum Gasteiger partial charge on any atom is 0.0635 e. The van der Waals surface area contributed by atoms with Crippen LogP contribution in [0.5, 0.6) is 0 Å². The fourth-order valence-electron chi connectivity index (χ4n) is 1.51. The van der Waals surface area contributed by atoms with Crippen LogP contribution >= 0.6 is 0 Å². The van der Waals surface area contributed by atoms with Crippen LogP contribution < -0.4 is 0 Å². The van der Waals surface area contributed by atoms with Crippen LogP contribution in [-0.4, -0.2) is 41.5 Å². The molecule has 0 spiro atoms. The van der Waals surface area contributed by atoms with Gasteiger partial charge in [0.15, 0.2) is 0 Å². The molecule has 0 aromatic carbocycles. The summed E-state index contributed by atoms with van der Waals surface area (Å²) in [5.41, 5.74) is 1.16. The van der Waals surface area contributed by atoms with Gasteiger partial charge in [-0.15, -0.1) is 0 Å². The van der Waals surface area contributed by atoms with E-state index in [4.69, 9.17) is 10.00 Å². The molecule has 0 fully saturated rings. The van der Waals surface area contributed by atoms with E-state index in [0.717, 1.165) is 25.2 Å². The lowest BCUT2D eigenvalue weighted by molar-refractivity contribution is 0.145. The lowest BCUT2D eigenvalue weighted by Gasteiger charge is -2.19. The van der Waals surface area contributed by atoms with Gasteiger partial charge in [-0.25, -0.2) is 0 Å². The van der Waals surface area contributed by atoms with Gasteiger partial charge in [-0.3, -0.25) is 9.58 Å². The molecule has 0 N–H and O–H groups in total. The Balaban J connectivity index is 2.45. The summed E-state index contributed by atoms with van der Waals surface area (Å²) in [6.45, 7) is 3.12. The van der Waals surface area contributed by atoms with Crippen molar-refractivity contribution in [2.24, 2.45) is 7.05 Å². The molecule has 0 unspecified atom stereocenters. The van der Waals surface area contributed by atoms with Gasteiger partial charge in [-0.05, 0) is 0 Å². The zero-order valence-electron chi connectivity index (χ0n) is 9.89. The smallest absolute Gasteiger partial charge is 0.0635 e. The zero-order chi connectivity index (χ0) is 11.8. The summed E-state index contributed by atoms with van der Waals surface area (Å²) < 4.78 is 6.84. The summed E-state index contributed by atoms with van der Waals surface area (Å²) in [6.07, 6.45) is 4.39. The fraction of sp³-hybridized carbons (Fsp3) is 0.636. The van der Waals surface area contributed by atoms with Gasteiger partial charge in [0.05, 0.1) is 18.9 Å². The maximum atomic E-state index is 8.59. The molecule has 5 nitrogen and oxygen atoms in total. The number of hydrogen-bond donors (Lipinski definition) is 0. The van der Waals surface area contributed by atoms with Gasteiger partial charge in [0.1, 0.15) is 0 Å².